The Morgan fingerprint density at radius 3 is 2.10 bits per heavy atom. The first-order chi connectivity index (χ1) is 4.68. The van der Waals surface area contributed by atoms with E-state index in [1.807, 2.05) is 0 Å². The lowest BCUT2D eigenvalue weighted by Crippen LogP contribution is -1.86. The average Bonchev–Trinajstić information content (AvgIpc) is 2.00. The largest absolute Gasteiger partial charge is 0.390 e. The SMILES string of the molecule is COCSP(=O)(OC)OC. The van der Waals surface area contributed by atoms with Crippen molar-refractivity contribution in [2.24, 2.45) is 0 Å². The molecule has 0 saturated carbocycles. The lowest BCUT2D eigenvalue weighted by atomic mass is 11.5. The van der Waals surface area contributed by atoms with E-state index in [0.29, 0.717) is 5.94 Å². The van der Waals surface area contributed by atoms with Gasteiger partial charge in [0.1, 0.15) is 5.94 Å². The van der Waals surface area contributed by atoms with E-state index in [4.69, 9.17) is 0 Å². The second kappa shape index (κ2) is 5.16. The minimum Gasteiger partial charge on any atom is -0.373 e. The lowest BCUT2D eigenvalue weighted by molar-refractivity contribution is 0.257. The molecule has 0 aliphatic rings. The van der Waals surface area contributed by atoms with Crippen molar-refractivity contribution in [2.75, 3.05) is 27.3 Å². The van der Waals surface area contributed by atoms with Crippen LogP contribution in [0.15, 0.2) is 0 Å². The van der Waals surface area contributed by atoms with E-state index < -0.39 is 6.80 Å². The highest BCUT2D eigenvalue weighted by molar-refractivity contribution is 8.55. The smallest absolute Gasteiger partial charge is 0.373 e. The summed E-state index contributed by atoms with van der Waals surface area (Å²) in [7, 11) is 4.20. The number of hydrogen-bond acceptors (Lipinski definition) is 5. The van der Waals surface area contributed by atoms with Gasteiger partial charge in [0.25, 0.3) is 0 Å². The van der Waals surface area contributed by atoms with E-state index >= 15 is 0 Å². The zero-order valence-electron chi connectivity index (χ0n) is 6.20. The molecule has 0 amide bonds. The van der Waals surface area contributed by atoms with E-state index in [1.54, 1.807) is 0 Å². The second-order valence-corrected chi connectivity index (χ2v) is 5.58. The van der Waals surface area contributed by atoms with Crippen LogP contribution >= 0.6 is 18.2 Å². The van der Waals surface area contributed by atoms with Gasteiger partial charge in [-0.3, -0.25) is 0 Å². The van der Waals surface area contributed by atoms with Crippen molar-refractivity contribution in [3.8, 4) is 0 Å². The maximum absolute atomic E-state index is 11.1. The van der Waals surface area contributed by atoms with Gasteiger partial charge in [0, 0.05) is 21.3 Å². The Bertz CT molecular complexity index is 120. The number of ether oxygens (including phenoxy) is 1. The molecule has 0 unspecified atom stereocenters. The predicted molar refractivity (Wildman–Crippen MR) is 41.1 cm³/mol. The number of methoxy groups -OCH3 is 1. The minimum atomic E-state index is -2.91. The molecule has 0 bridgehead atoms. The number of rotatable bonds is 5. The molecule has 0 fully saturated rings. The normalized spacial score (nSPS) is 11.9. The monoisotopic (exact) mass is 186 g/mol. The summed E-state index contributed by atoms with van der Waals surface area (Å²) in [5, 5.41) is 0. The van der Waals surface area contributed by atoms with E-state index in [9.17, 15) is 4.57 Å². The zero-order valence-corrected chi connectivity index (χ0v) is 7.91. The third-order valence-corrected chi connectivity index (χ3v) is 4.49. The second-order valence-electron chi connectivity index (χ2n) is 1.35. The Morgan fingerprint density at radius 1 is 1.30 bits per heavy atom. The molecular formula is C4H11O4PS. The molecule has 0 aliphatic heterocycles. The summed E-state index contributed by atoms with van der Waals surface area (Å²) in [6.45, 7) is -2.91. The molecule has 4 nitrogen and oxygen atoms in total. The lowest BCUT2D eigenvalue weighted by Gasteiger charge is -2.10. The number of hydrogen-bond donors (Lipinski definition) is 0. The van der Waals surface area contributed by atoms with Crippen LogP contribution in [0.1, 0.15) is 0 Å². The predicted octanol–water partition coefficient (Wildman–Crippen LogP) is 1.72. The van der Waals surface area contributed by atoms with Crippen LogP contribution in [0.4, 0.5) is 0 Å². The Hall–Kier alpha value is 0.460. The van der Waals surface area contributed by atoms with Gasteiger partial charge in [-0.15, -0.1) is 0 Å². The fraction of sp³-hybridized carbons (Fsp3) is 1.00. The summed E-state index contributed by atoms with van der Waals surface area (Å²) in [6, 6.07) is 0. The fourth-order valence-electron chi connectivity index (χ4n) is 0.297. The van der Waals surface area contributed by atoms with E-state index in [-0.39, 0.29) is 0 Å². The van der Waals surface area contributed by atoms with E-state index in [0.717, 1.165) is 11.4 Å². The van der Waals surface area contributed by atoms with Gasteiger partial charge in [-0.1, -0.05) is 0 Å². The zero-order chi connectivity index (χ0) is 8.04. The summed E-state index contributed by atoms with van der Waals surface area (Å²) in [6.07, 6.45) is 0. The van der Waals surface area contributed by atoms with Gasteiger partial charge in [0.15, 0.2) is 0 Å². The quantitative estimate of drug-likeness (QED) is 0.483. The van der Waals surface area contributed by atoms with Crippen LogP contribution in [-0.2, 0) is 18.3 Å². The summed E-state index contributed by atoms with van der Waals surface area (Å²) in [5.74, 6) is 0.305. The van der Waals surface area contributed by atoms with Crippen LogP contribution in [0.3, 0.4) is 0 Å². The van der Waals surface area contributed by atoms with Crippen LogP contribution in [0.25, 0.3) is 0 Å². The van der Waals surface area contributed by atoms with Crippen LogP contribution in [0, 0.1) is 0 Å². The fourth-order valence-corrected chi connectivity index (χ4v) is 2.23. The molecule has 0 atom stereocenters. The maximum Gasteiger partial charge on any atom is 0.390 e. The molecule has 62 valence electrons. The Morgan fingerprint density at radius 2 is 1.80 bits per heavy atom. The minimum absolute atomic E-state index is 0.305. The van der Waals surface area contributed by atoms with Gasteiger partial charge in [-0.2, -0.15) is 0 Å². The van der Waals surface area contributed by atoms with Gasteiger partial charge in [-0.05, 0) is 11.4 Å². The molecule has 0 N–H and O–H groups in total. The van der Waals surface area contributed by atoms with Gasteiger partial charge >= 0.3 is 6.80 Å². The molecule has 0 aromatic carbocycles. The molecular weight excluding hydrogens is 175 g/mol. The van der Waals surface area contributed by atoms with Crippen molar-refractivity contribution in [2.45, 2.75) is 0 Å². The third-order valence-electron chi connectivity index (χ3n) is 0.776. The van der Waals surface area contributed by atoms with Crippen LogP contribution in [0.2, 0.25) is 0 Å². The van der Waals surface area contributed by atoms with Crippen LogP contribution in [0.5, 0.6) is 0 Å². The third kappa shape index (κ3) is 3.58. The standard InChI is InChI=1S/C4H11O4PS/c1-6-4-10-9(5,7-2)8-3/h4H2,1-3H3. The molecule has 0 saturated heterocycles. The molecule has 10 heavy (non-hydrogen) atoms. The maximum atomic E-state index is 11.1. The first-order valence-corrected chi connectivity index (χ1v) is 5.67. The highest BCUT2D eigenvalue weighted by Crippen LogP contribution is 2.59. The Balaban J connectivity index is 3.70. The van der Waals surface area contributed by atoms with Crippen molar-refractivity contribution in [3.63, 3.8) is 0 Å². The average molecular weight is 186 g/mol. The van der Waals surface area contributed by atoms with Crippen molar-refractivity contribution in [1.82, 2.24) is 0 Å². The van der Waals surface area contributed by atoms with Crippen molar-refractivity contribution >= 4 is 18.2 Å². The summed E-state index contributed by atoms with van der Waals surface area (Å²) in [4.78, 5) is 0. The first-order valence-electron chi connectivity index (χ1n) is 2.53. The van der Waals surface area contributed by atoms with E-state index in [2.05, 4.69) is 13.8 Å². The summed E-state index contributed by atoms with van der Waals surface area (Å²) in [5.41, 5.74) is 0. The van der Waals surface area contributed by atoms with Crippen LogP contribution < -0.4 is 0 Å². The van der Waals surface area contributed by atoms with Crippen molar-refractivity contribution in [3.05, 3.63) is 0 Å². The van der Waals surface area contributed by atoms with Gasteiger partial charge < -0.3 is 13.8 Å². The molecule has 0 aromatic heterocycles. The van der Waals surface area contributed by atoms with Gasteiger partial charge in [0.05, 0.1) is 0 Å². The molecule has 0 radical (unpaired) electrons. The molecule has 6 heteroatoms. The Kier molecular flexibility index (Phi) is 5.39. The molecule has 0 aromatic rings. The Labute approximate surface area is 64.5 Å². The van der Waals surface area contributed by atoms with Crippen LogP contribution in [-0.4, -0.2) is 27.3 Å². The molecule has 0 rings (SSSR count). The highest BCUT2D eigenvalue weighted by Gasteiger charge is 2.20. The van der Waals surface area contributed by atoms with Gasteiger partial charge in [-0.25, -0.2) is 4.57 Å². The molecule has 0 heterocycles. The summed E-state index contributed by atoms with van der Waals surface area (Å²) < 4.78 is 25.0. The first kappa shape index (κ1) is 10.5. The van der Waals surface area contributed by atoms with E-state index in [1.165, 1.54) is 21.3 Å². The van der Waals surface area contributed by atoms with Crippen molar-refractivity contribution in [1.29, 1.82) is 0 Å². The summed E-state index contributed by atoms with van der Waals surface area (Å²) >= 11 is 1.01. The highest BCUT2D eigenvalue weighted by atomic mass is 32.7. The van der Waals surface area contributed by atoms with Gasteiger partial charge in [0.2, 0.25) is 0 Å². The van der Waals surface area contributed by atoms with Crippen molar-refractivity contribution < 1.29 is 18.3 Å². The molecule has 0 spiro atoms. The topological polar surface area (TPSA) is 44.8 Å². The molecule has 0 aliphatic carbocycles.